The van der Waals surface area contributed by atoms with Gasteiger partial charge in [0.2, 0.25) is 5.95 Å². The van der Waals surface area contributed by atoms with Crippen molar-refractivity contribution in [3.63, 3.8) is 0 Å². The summed E-state index contributed by atoms with van der Waals surface area (Å²) < 4.78 is 13.6. The van der Waals surface area contributed by atoms with Crippen LogP contribution in [-0.2, 0) is 24.8 Å². The average Bonchev–Trinajstić information content (AvgIpc) is 3.12. The normalized spacial score (nSPS) is 12.3. The molecule has 0 amide bonds. The molecule has 10 heteroatoms. The van der Waals surface area contributed by atoms with Gasteiger partial charge in [-0.2, -0.15) is 4.98 Å². The SMILES string of the molecule is CCc1cccc(OC[C@@H](O)Cn2c(NCCCOC)nc3c2c(=O)[nH]c(=O)n3C)c1. The number of ether oxygens (including phenoxy) is 2. The molecule has 10 nitrogen and oxygen atoms in total. The predicted octanol–water partition coefficient (Wildman–Crippen LogP) is 0.874. The standard InChI is InChI=1S/C21H29N5O5/c1-4-14-7-5-8-16(11-14)31-13-15(27)12-26-17-18(25(2)21(29)24-19(17)28)23-20(26)22-9-6-10-30-3/h5,7-8,11,15,27H,4,6,9-10,12-13H2,1-3H3,(H,22,23)(H,24,28,29)/t15-/m0/s1. The first-order chi connectivity index (χ1) is 14.9. The Morgan fingerprint density at radius 1 is 1.32 bits per heavy atom. The van der Waals surface area contributed by atoms with Crippen LogP contribution in [0.1, 0.15) is 18.9 Å². The lowest BCUT2D eigenvalue weighted by atomic mass is 10.2. The maximum absolute atomic E-state index is 12.5. The van der Waals surface area contributed by atoms with E-state index in [2.05, 4.69) is 22.2 Å². The van der Waals surface area contributed by atoms with Crippen molar-refractivity contribution in [3.8, 4) is 5.75 Å². The van der Waals surface area contributed by atoms with Gasteiger partial charge < -0.3 is 24.5 Å². The first-order valence-corrected chi connectivity index (χ1v) is 10.3. The Labute approximate surface area is 179 Å². The Morgan fingerprint density at radius 2 is 2.13 bits per heavy atom. The van der Waals surface area contributed by atoms with Gasteiger partial charge in [-0.1, -0.05) is 19.1 Å². The van der Waals surface area contributed by atoms with E-state index < -0.39 is 17.4 Å². The molecule has 3 N–H and O–H groups in total. The molecule has 2 aromatic heterocycles. The largest absolute Gasteiger partial charge is 0.491 e. The zero-order valence-corrected chi connectivity index (χ0v) is 18.1. The number of aromatic nitrogens is 4. The number of rotatable bonds is 11. The van der Waals surface area contributed by atoms with Crippen LogP contribution in [0.5, 0.6) is 5.75 Å². The molecule has 0 saturated heterocycles. The van der Waals surface area contributed by atoms with Gasteiger partial charge in [0.15, 0.2) is 11.2 Å². The summed E-state index contributed by atoms with van der Waals surface area (Å²) in [6.07, 6.45) is 0.716. The second-order valence-corrected chi connectivity index (χ2v) is 7.28. The van der Waals surface area contributed by atoms with E-state index in [1.54, 1.807) is 11.7 Å². The van der Waals surface area contributed by atoms with Crippen LogP contribution in [-0.4, -0.2) is 57.2 Å². The van der Waals surface area contributed by atoms with E-state index in [4.69, 9.17) is 9.47 Å². The highest BCUT2D eigenvalue weighted by atomic mass is 16.5. The van der Waals surface area contributed by atoms with E-state index in [0.29, 0.717) is 24.8 Å². The van der Waals surface area contributed by atoms with E-state index in [1.165, 1.54) is 11.6 Å². The molecule has 1 atom stereocenters. The topological polar surface area (TPSA) is 123 Å². The minimum atomic E-state index is -0.904. The smallest absolute Gasteiger partial charge is 0.329 e. The number of anilines is 1. The molecule has 2 heterocycles. The van der Waals surface area contributed by atoms with Crippen LogP contribution in [0.25, 0.3) is 11.2 Å². The van der Waals surface area contributed by atoms with Crippen LogP contribution >= 0.6 is 0 Å². The van der Waals surface area contributed by atoms with Gasteiger partial charge in [-0.15, -0.1) is 0 Å². The second-order valence-electron chi connectivity index (χ2n) is 7.28. The summed E-state index contributed by atoms with van der Waals surface area (Å²) in [6.45, 7) is 3.29. The maximum Gasteiger partial charge on any atom is 0.329 e. The Morgan fingerprint density at radius 3 is 2.87 bits per heavy atom. The molecule has 0 spiro atoms. The molecule has 0 saturated carbocycles. The van der Waals surface area contributed by atoms with Crippen molar-refractivity contribution >= 4 is 17.1 Å². The zero-order valence-electron chi connectivity index (χ0n) is 18.1. The molecule has 0 aliphatic heterocycles. The van der Waals surface area contributed by atoms with Crippen molar-refractivity contribution < 1.29 is 14.6 Å². The van der Waals surface area contributed by atoms with Crippen LogP contribution < -0.4 is 21.3 Å². The van der Waals surface area contributed by atoms with Crippen molar-refractivity contribution in [1.82, 2.24) is 19.1 Å². The molecule has 168 valence electrons. The Bertz CT molecular complexity index is 1130. The molecule has 0 radical (unpaired) electrons. The monoisotopic (exact) mass is 431 g/mol. The van der Waals surface area contributed by atoms with Crippen molar-refractivity contribution in [1.29, 1.82) is 0 Å². The molecule has 31 heavy (non-hydrogen) atoms. The molecule has 0 bridgehead atoms. The van der Waals surface area contributed by atoms with Crippen molar-refractivity contribution in [2.75, 3.05) is 32.2 Å². The Hall–Kier alpha value is -3.11. The highest BCUT2D eigenvalue weighted by Gasteiger charge is 2.19. The number of hydrogen-bond donors (Lipinski definition) is 3. The average molecular weight is 431 g/mol. The summed E-state index contributed by atoms with van der Waals surface area (Å²) in [7, 11) is 3.16. The fourth-order valence-electron chi connectivity index (χ4n) is 3.28. The third kappa shape index (κ3) is 5.33. The summed E-state index contributed by atoms with van der Waals surface area (Å²) >= 11 is 0. The van der Waals surface area contributed by atoms with Gasteiger partial charge in [-0.05, 0) is 30.5 Å². The number of hydrogen-bond acceptors (Lipinski definition) is 7. The zero-order chi connectivity index (χ0) is 22.4. The number of aliphatic hydroxyl groups is 1. The summed E-state index contributed by atoms with van der Waals surface area (Å²) in [4.78, 5) is 31.2. The number of nitrogens with zero attached hydrogens (tertiary/aromatic N) is 3. The van der Waals surface area contributed by atoms with Crippen LogP contribution in [0.2, 0.25) is 0 Å². The van der Waals surface area contributed by atoms with Gasteiger partial charge in [-0.3, -0.25) is 14.3 Å². The van der Waals surface area contributed by atoms with Gasteiger partial charge >= 0.3 is 5.69 Å². The minimum absolute atomic E-state index is 0.0413. The van der Waals surface area contributed by atoms with Crippen LogP contribution in [0.4, 0.5) is 5.95 Å². The van der Waals surface area contributed by atoms with Crippen molar-refractivity contribution in [3.05, 3.63) is 50.7 Å². The molecule has 0 fully saturated rings. The number of imidazole rings is 1. The van der Waals surface area contributed by atoms with Gasteiger partial charge in [0.05, 0.1) is 6.54 Å². The van der Waals surface area contributed by atoms with Crippen molar-refractivity contribution in [2.45, 2.75) is 32.4 Å². The van der Waals surface area contributed by atoms with Gasteiger partial charge in [0.1, 0.15) is 18.5 Å². The van der Waals surface area contributed by atoms with E-state index in [9.17, 15) is 14.7 Å². The number of methoxy groups -OCH3 is 1. The first-order valence-electron chi connectivity index (χ1n) is 10.3. The summed E-state index contributed by atoms with van der Waals surface area (Å²) in [5.41, 5.74) is 0.491. The third-order valence-electron chi connectivity index (χ3n) is 4.96. The number of aryl methyl sites for hydroxylation is 2. The van der Waals surface area contributed by atoms with Gasteiger partial charge in [0, 0.05) is 27.3 Å². The number of aromatic amines is 1. The highest BCUT2D eigenvalue weighted by molar-refractivity contribution is 5.74. The second kappa shape index (κ2) is 10.3. The van der Waals surface area contributed by atoms with Crippen LogP contribution in [0, 0.1) is 0 Å². The number of H-pyrrole nitrogens is 1. The molecule has 0 aliphatic rings. The fourth-order valence-corrected chi connectivity index (χ4v) is 3.28. The first kappa shape index (κ1) is 22.6. The van der Waals surface area contributed by atoms with Gasteiger partial charge in [0.25, 0.3) is 5.56 Å². The molecule has 3 rings (SSSR count). The van der Waals surface area contributed by atoms with Crippen LogP contribution in [0.3, 0.4) is 0 Å². The van der Waals surface area contributed by atoms with Crippen LogP contribution in [0.15, 0.2) is 33.9 Å². The highest BCUT2D eigenvalue weighted by Crippen LogP contribution is 2.17. The maximum atomic E-state index is 12.5. The lowest BCUT2D eigenvalue weighted by Crippen LogP contribution is -2.31. The number of fused-ring (bicyclic) bond motifs is 1. The molecule has 1 aromatic carbocycles. The third-order valence-corrected chi connectivity index (χ3v) is 4.96. The molecular formula is C21H29N5O5. The van der Waals surface area contributed by atoms with Crippen molar-refractivity contribution in [2.24, 2.45) is 7.05 Å². The fraction of sp³-hybridized carbons (Fsp3) is 0.476. The number of benzene rings is 1. The summed E-state index contributed by atoms with van der Waals surface area (Å²) in [5, 5.41) is 13.8. The van der Waals surface area contributed by atoms with E-state index in [-0.39, 0.29) is 24.3 Å². The number of aliphatic hydroxyl groups excluding tert-OH is 1. The summed E-state index contributed by atoms with van der Waals surface area (Å²) in [6, 6.07) is 7.69. The molecule has 0 unspecified atom stereocenters. The van der Waals surface area contributed by atoms with Gasteiger partial charge in [-0.25, -0.2) is 4.79 Å². The minimum Gasteiger partial charge on any atom is -0.491 e. The quantitative estimate of drug-likeness (QED) is 0.385. The molecule has 0 aliphatic carbocycles. The summed E-state index contributed by atoms with van der Waals surface area (Å²) in [5.74, 6) is 1.07. The number of nitrogens with one attached hydrogen (secondary N) is 2. The predicted molar refractivity (Wildman–Crippen MR) is 118 cm³/mol. The lowest BCUT2D eigenvalue weighted by molar-refractivity contribution is 0.0938. The molecular weight excluding hydrogens is 402 g/mol. The Kier molecular flexibility index (Phi) is 7.48. The van der Waals surface area contributed by atoms with E-state index >= 15 is 0 Å². The molecule has 3 aromatic rings. The van der Waals surface area contributed by atoms with E-state index in [0.717, 1.165) is 18.4 Å². The Balaban J connectivity index is 1.83. The lowest BCUT2D eigenvalue weighted by Gasteiger charge is -2.16. The van der Waals surface area contributed by atoms with E-state index in [1.807, 2.05) is 24.3 Å².